The summed E-state index contributed by atoms with van der Waals surface area (Å²) in [6, 6.07) is 0. The molecule has 10 atom stereocenters. The molecule has 7 nitrogen and oxygen atoms in total. The van der Waals surface area contributed by atoms with Crippen LogP contribution in [0.15, 0.2) is 0 Å². The molecule has 7 aliphatic rings. The van der Waals surface area contributed by atoms with Gasteiger partial charge in [-0.15, -0.1) is 0 Å². The largest absolute Gasteiger partial charge is 0.375 e. The number of nitrogens with two attached hydrogens (primary N) is 1. The van der Waals surface area contributed by atoms with Gasteiger partial charge < -0.3 is 24.8 Å². The van der Waals surface area contributed by atoms with Crippen LogP contribution in [0.2, 0.25) is 0 Å². The quantitative estimate of drug-likeness (QED) is 0.303. The number of carbonyl (C=O) groups excluding carboxylic acids is 2. The van der Waals surface area contributed by atoms with Crippen LogP contribution in [-0.4, -0.2) is 61.0 Å². The maximum atomic E-state index is 13.0. The number of primary amides is 1. The van der Waals surface area contributed by atoms with Gasteiger partial charge in [0.2, 0.25) is 11.8 Å². The lowest BCUT2D eigenvalue weighted by Crippen LogP contribution is -2.50. The molecular weight excluding hydrogens is 588 g/mol. The van der Waals surface area contributed by atoms with E-state index in [0.29, 0.717) is 73.1 Å². The number of morpholine rings is 1. The first kappa shape index (κ1) is 34.3. The molecule has 7 heteroatoms. The van der Waals surface area contributed by atoms with Crippen molar-refractivity contribution in [1.82, 2.24) is 4.90 Å². The number of fused-ring (bicyclic) bond motifs is 5. The molecule has 2 N–H and O–H groups in total. The highest BCUT2D eigenvalue weighted by Crippen LogP contribution is 2.63. The zero-order valence-electron chi connectivity index (χ0n) is 30.0. The van der Waals surface area contributed by atoms with Gasteiger partial charge in [0.05, 0.1) is 31.5 Å². The fraction of sp³-hybridized carbons (Fsp3) is 0.950. The van der Waals surface area contributed by atoms with Crippen LogP contribution >= 0.6 is 0 Å². The Morgan fingerprint density at radius 3 is 2.55 bits per heavy atom. The van der Waals surface area contributed by atoms with Crippen molar-refractivity contribution in [3.63, 3.8) is 0 Å². The lowest BCUT2D eigenvalue weighted by atomic mass is 9.57. The van der Waals surface area contributed by atoms with Crippen LogP contribution in [0.4, 0.5) is 0 Å². The van der Waals surface area contributed by atoms with Crippen LogP contribution in [0.1, 0.15) is 149 Å². The zero-order chi connectivity index (χ0) is 32.8. The molecule has 0 radical (unpaired) electrons. The predicted octanol–water partition coefficient (Wildman–Crippen LogP) is 7.78. The second-order valence-electron chi connectivity index (χ2n) is 18.5. The van der Waals surface area contributed by atoms with Crippen LogP contribution in [0.3, 0.4) is 0 Å². The molecule has 10 unspecified atom stereocenters. The summed E-state index contributed by atoms with van der Waals surface area (Å²) in [7, 11) is 0. The Morgan fingerprint density at radius 2 is 1.74 bits per heavy atom. The molecule has 0 aromatic carbocycles. The van der Waals surface area contributed by atoms with Gasteiger partial charge in [-0.05, 0) is 136 Å². The van der Waals surface area contributed by atoms with Crippen LogP contribution in [0.5, 0.6) is 0 Å². The van der Waals surface area contributed by atoms with E-state index in [0.717, 1.165) is 31.1 Å². The van der Waals surface area contributed by atoms with E-state index in [1.807, 2.05) is 4.90 Å². The third kappa shape index (κ3) is 7.48. The van der Waals surface area contributed by atoms with Crippen molar-refractivity contribution in [2.45, 2.75) is 174 Å². The molecule has 2 saturated heterocycles. The lowest BCUT2D eigenvalue weighted by Gasteiger charge is -2.50. The molecule has 0 aromatic rings. The molecule has 0 aromatic heterocycles. The Labute approximate surface area is 285 Å². The first-order valence-corrected chi connectivity index (χ1v) is 20.0. The molecule has 3 bridgehead atoms. The summed E-state index contributed by atoms with van der Waals surface area (Å²) in [5.41, 5.74) is 6.35. The minimum absolute atomic E-state index is 0.0667. The zero-order valence-corrected chi connectivity index (χ0v) is 30.0. The van der Waals surface area contributed by atoms with Crippen molar-refractivity contribution in [2.24, 2.45) is 51.6 Å². The third-order valence-corrected chi connectivity index (χ3v) is 15.2. The monoisotopic (exact) mass is 654 g/mol. The van der Waals surface area contributed by atoms with Gasteiger partial charge in [-0.2, -0.15) is 0 Å². The standard InChI is InChI=1S/C40H66N2O5/c1-38(2)29-11-10-28-21-30-23-33-32(14-12-31(46-33)13-15-35(41)43)39(30,3)17-18-40(24-28,25-29)16-6-4-5-7-34(38)47-37-26-42(19-20-45-37)36(44)22-27-8-9-27/h27-34,37H,4-26H2,1-3H3,(H2,41,43). The van der Waals surface area contributed by atoms with E-state index in [2.05, 4.69) is 20.8 Å². The Bertz CT molecular complexity index is 1120. The van der Waals surface area contributed by atoms with Crippen molar-refractivity contribution >= 4 is 11.8 Å². The Kier molecular flexibility index (Phi) is 10.1. The van der Waals surface area contributed by atoms with Gasteiger partial charge in [-0.1, -0.05) is 46.5 Å². The fourth-order valence-corrected chi connectivity index (χ4v) is 11.9. The van der Waals surface area contributed by atoms with Gasteiger partial charge in [-0.25, -0.2) is 0 Å². The van der Waals surface area contributed by atoms with Crippen molar-refractivity contribution in [3.8, 4) is 0 Å². The molecular formula is C40H66N2O5. The van der Waals surface area contributed by atoms with Gasteiger partial charge in [0.15, 0.2) is 6.29 Å². The van der Waals surface area contributed by atoms with E-state index < -0.39 is 0 Å². The number of ether oxygens (including phenoxy) is 3. The van der Waals surface area contributed by atoms with E-state index in [1.165, 1.54) is 96.3 Å². The van der Waals surface area contributed by atoms with Gasteiger partial charge in [0.1, 0.15) is 0 Å². The number of amides is 2. The normalized spacial score (nSPS) is 43.9. The maximum Gasteiger partial charge on any atom is 0.223 e. The van der Waals surface area contributed by atoms with E-state index in [-0.39, 0.29) is 29.8 Å². The second kappa shape index (κ2) is 13.9. The summed E-state index contributed by atoms with van der Waals surface area (Å²) in [5, 5.41) is 0. The van der Waals surface area contributed by atoms with Gasteiger partial charge in [-0.3, -0.25) is 9.59 Å². The molecule has 2 aliphatic heterocycles. The molecule has 5 saturated carbocycles. The van der Waals surface area contributed by atoms with Crippen LogP contribution in [-0.2, 0) is 23.8 Å². The minimum atomic E-state index is -0.301. The summed E-state index contributed by atoms with van der Waals surface area (Å²) in [5.74, 6) is 3.57. The Balaban J connectivity index is 1.05. The molecule has 7 rings (SSSR count). The molecule has 266 valence electrons. The highest BCUT2D eigenvalue weighted by Gasteiger charge is 2.57. The van der Waals surface area contributed by atoms with Gasteiger partial charge >= 0.3 is 0 Å². The van der Waals surface area contributed by atoms with E-state index in [9.17, 15) is 9.59 Å². The second-order valence-corrected chi connectivity index (χ2v) is 18.5. The summed E-state index contributed by atoms with van der Waals surface area (Å²) in [6.45, 7) is 9.56. The lowest BCUT2D eigenvalue weighted by molar-refractivity contribution is -0.228. The van der Waals surface area contributed by atoms with E-state index >= 15 is 0 Å². The van der Waals surface area contributed by atoms with E-state index in [1.54, 1.807) is 0 Å². The summed E-state index contributed by atoms with van der Waals surface area (Å²) in [6.07, 6.45) is 24.2. The minimum Gasteiger partial charge on any atom is -0.375 e. The van der Waals surface area contributed by atoms with Crippen molar-refractivity contribution < 1.29 is 23.8 Å². The molecule has 1 spiro atoms. The first-order chi connectivity index (χ1) is 22.5. The van der Waals surface area contributed by atoms with Crippen molar-refractivity contribution in [1.29, 1.82) is 0 Å². The summed E-state index contributed by atoms with van der Waals surface area (Å²) >= 11 is 0. The molecule has 2 amide bonds. The number of hydrogen-bond donors (Lipinski definition) is 1. The maximum absolute atomic E-state index is 13.0. The van der Waals surface area contributed by atoms with Crippen LogP contribution in [0, 0.1) is 45.8 Å². The highest BCUT2D eigenvalue weighted by molar-refractivity contribution is 5.76. The number of rotatable bonds is 7. The van der Waals surface area contributed by atoms with Gasteiger partial charge in [0, 0.05) is 19.4 Å². The third-order valence-electron chi connectivity index (χ3n) is 15.2. The smallest absolute Gasteiger partial charge is 0.223 e. The molecule has 47 heavy (non-hydrogen) atoms. The topological polar surface area (TPSA) is 91.1 Å². The highest BCUT2D eigenvalue weighted by atomic mass is 16.7. The Morgan fingerprint density at radius 1 is 0.894 bits per heavy atom. The summed E-state index contributed by atoms with van der Waals surface area (Å²) < 4.78 is 20.0. The van der Waals surface area contributed by atoms with Crippen LogP contribution in [0.25, 0.3) is 0 Å². The predicted molar refractivity (Wildman–Crippen MR) is 183 cm³/mol. The number of nitrogens with zero attached hydrogens (tertiary/aromatic N) is 1. The van der Waals surface area contributed by atoms with Crippen molar-refractivity contribution in [2.75, 3.05) is 19.7 Å². The van der Waals surface area contributed by atoms with Crippen LogP contribution < -0.4 is 5.73 Å². The average Bonchev–Trinajstić information content (AvgIpc) is 3.84. The first-order valence-electron chi connectivity index (χ1n) is 20.0. The number of hydrogen-bond acceptors (Lipinski definition) is 5. The molecule has 5 aliphatic carbocycles. The molecule has 2 heterocycles. The summed E-state index contributed by atoms with van der Waals surface area (Å²) in [4.78, 5) is 26.5. The van der Waals surface area contributed by atoms with Gasteiger partial charge in [0.25, 0.3) is 0 Å². The Hall–Kier alpha value is -1.18. The molecule has 7 fully saturated rings. The van der Waals surface area contributed by atoms with Crippen molar-refractivity contribution in [3.05, 3.63) is 0 Å². The SMILES string of the molecule is CC1(C)C2CCC3CC4CC5OC(CCC(N)=O)CCC5C4(C)CCC(CCCCCC1OC1CN(C(=O)CC4CC4)CCO1)(C3)C2. The number of carbonyl (C=O) groups is 2. The average molecular weight is 655 g/mol. The van der Waals surface area contributed by atoms with E-state index in [4.69, 9.17) is 19.9 Å². The fourth-order valence-electron chi connectivity index (χ4n) is 11.9.